The molecule has 0 spiro atoms. The maximum Gasteiger partial charge on any atom is 0.138 e. The fraction of sp³-hybridized carbons (Fsp3) is 0.231. The van der Waals surface area contributed by atoms with Gasteiger partial charge in [-0.05, 0) is 41.9 Å². The summed E-state index contributed by atoms with van der Waals surface area (Å²) in [4.78, 5) is 0. The summed E-state index contributed by atoms with van der Waals surface area (Å²) in [5.41, 5.74) is 3.29. The van der Waals surface area contributed by atoms with E-state index in [-0.39, 0.29) is 0 Å². The van der Waals surface area contributed by atoms with Crippen LogP contribution in [-0.2, 0) is 6.54 Å². The number of halogens is 1. The summed E-state index contributed by atoms with van der Waals surface area (Å²) in [7, 11) is 0. The predicted molar refractivity (Wildman–Crippen MR) is 72.2 cm³/mol. The van der Waals surface area contributed by atoms with Gasteiger partial charge in [0.2, 0.25) is 0 Å². The highest BCUT2D eigenvalue weighted by atomic mass is 79.9. The molecule has 0 aliphatic heterocycles. The highest BCUT2D eigenvalue weighted by Gasteiger charge is 2.10. The third-order valence-corrected chi connectivity index (χ3v) is 3.42. The molecule has 2 rings (SSSR count). The monoisotopic (exact) mass is 305 g/mol. The third-order valence-electron chi connectivity index (χ3n) is 2.76. The molecule has 0 atom stereocenters. The van der Waals surface area contributed by atoms with Crippen molar-refractivity contribution in [3.8, 4) is 6.07 Å². The number of nitrogens with one attached hydrogen (secondary N) is 1. The fourth-order valence-electron chi connectivity index (χ4n) is 1.72. The standard InChI is InChI=1S/C13H12BrN3O/c1-8-11(9(2)18-17-8)7-16-13-5-3-4-12(14)10(13)6-15/h3-5,16H,7H2,1-2H3. The molecule has 0 aliphatic carbocycles. The van der Waals surface area contributed by atoms with Crippen LogP contribution < -0.4 is 5.32 Å². The largest absolute Gasteiger partial charge is 0.380 e. The first-order valence-corrected chi connectivity index (χ1v) is 6.27. The quantitative estimate of drug-likeness (QED) is 0.942. The first kappa shape index (κ1) is 12.7. The van der Waals surface area contributed by atoms with Gasteiger partial charge in [-0.25, -0.2) is 0 Å². The zero-order valence-corrected chi connectivity index (χ0v) is 11.7. The lowest BCUT2D eigenvalue weighted by Crippen LogP contribution is -2.03. The van der Waals surface area contributed by atoms with Crippen molar-refractivity contribution in [2.24, 2.45) is 0 Å². The lowest BCUT2D eigenvalue weighted by Gasteiger charge is -2.08. The molecule has 5 heteroatoms. The van der Waals surface area contributed by atoms with E-state index in [1.54, 1.807) is 0 Å². The van der Waals surface area contributed by atoms with E-state index in [0.717, 1.165) is 27.2 Å². The third kappa shape index (κ3) is 2.39. The van der Waals surface area contributed by atoms with Crippen molar-refractivity contribution in [1.82, 2.24) is 5.16 Å². The van der Waals surface area contributed by atoms with Gasteiger partial charge in [0.1, 0.15) is 11.8 Å². The number of nitriles is 1. The Kier molecular flexibility index (Phi) is 3.68. The van der Waals surface area contributed by atoms with E-state index in [1.807, 2.05) is 32.0 Å². The molecular formula is C13H12BrN3O. The van der Waals surface area contributed by atoms with E-state index in [1.165, 1.54) is 0 Å². The van der Waals surface area contributed by atoms with E-state index in [9.17, 15) is 0 Å². The Bertz CT molecular complexity index is 594. The maximum absolute atomic E-state index is 9.11. The summed E-state index contributed by atoms with van der Waals surface area (Å²) in [6.45, 7) is 4.37. The molecule has 92 valence electrons. The van der Waals surface area contributed by atoms with Crippen LogP contribution in [0.15, 0.2) is 27.2 Å². The number of aryl methyl sites for hydroxylation is 2. The summed E-state index contributed by atoms with van der Waals surface area (Å²) in [6, 6.07) is 7.79. The van der Waals surface area contributed by atoms with Crippen LogP contribution in [0.3, 0.4) is 0 Å². The van der Waals surface area contributed by atoms with E-state index in [4.69, 9.17) is 9.78 Å². The van der Waals surface area contributed by atoms with Gasteiger partial charge in [-0.15, -0.1) is 0 Å². The van der Waals surface area contributed by atoms with Gasteiger partial charge in [0.05, 0.1) is 16.9 Å². The summed E-state index contributed by atoms with van der Waals surface area (Å²) in [5.74, 6) is 0.800. The van der Waals surface area contributed by atoms with Crippen LogP contribution in [0, 0.1) is 25.2 Å². The molecule has 0 saturated carbocycles. The van der Waals surface area contributed by atoms with Crippen LogP contribution in [-0.4, -0.2) is 5.16 Å². The zero-order valence-electron chi connectivity index (χ0n) is 10.1. The Labute approximate surface area is 114 Å². The number of aromatic nitrogens is 1. The van der Waals surface area contributed by atoms with Crippen molar-refractivity contribution in [1.29, 1.82) is 5.26 Å². The molecule has 1 aromatic heterocycles. The average Bonchev–Trinajstić information content (AvgIpc) is 2.67. The van der Waals surface area contributed by atoms with Gasteiger partial charge in [-0.2, -0.15) is 5.26 Å². The zero-order chi connectivity index (χ0) is 13.1. The van der Waals surface area contributed by atoms with Crippen molar-refractivity contribution in [2.75, 3.05) is 5.32 Å². The summed E-state index contributed by atoms with van der Waals surface area (Å²) >= 11 is 3.36. The first-order chi connectivity index (χ1) is 8.63. The number of rotatable bonds is 3. The van der Waals surface area contributed by atoms with Gasteiger partial charge in [0.25, 0.3) is 0 Å². The molecular weight excluding hydrogens is 294 g/mol. The fourth-order valence-corrected chi connectivity index (χ4v) is 2.18. The minimum atomic E-state index is 0.590. The highest BCUT2D eigenvalue weighted by molar-refractivity contribution is 9.10. The number of benzene rings is 1. The van der Waals surface area contributed by atoms with Crippen molar-refractivity contribution in [3.63, 3.8) is 0 Å². The molecule has 0 fully saturated rings. The molecule has 0 radical (unpaired) electrons. The highest BCUT2D eigenvalue weighted by Crippen LogP contribution is 2.24. The van der Waals surface area contributed by atoms with Gasteiger partial charge in [0, 0.05) is 16.6 Å². The predicted octanol–water partition coefficient (Wildman–Crippen LogP) is 3.54. The second-order valence-electron chi connectivity index (χ2n) is 3.93. The molecule has 2 aromatic rings. The van der Waals surface area contributed by atoms with Crippen LogP contribution in [0.4, 0.5) is 5.69 Å². The minimum Gasteiger partial charge on any atom is -0.380 e. The molecule has 4 nitrogen and oxygen atoms in total. The molecule has 0 amide bonds. The van der Waals surface area contributed by atoms with Gasteiger partial charge >= 0.3 is 0 Å². The second kappa shape index (κ2) is 5.23. The van der Waals surface area contributed by atoms with E-state index in [0.29, 0.717) is 12.1 Å². The summed E-state index contributed by atoms with van der Waals surface area (Å²) < 4.78 is 5.89. The number of nitrogens with zero attached hydrogens (tertiary/aromatic N) is 2. The second-order valence-corrected chi connectivity index (χ2v) is 4.78. The van der Waals surface area contributed by atoms with Crippen LogP contribution in [0.2, 0.25) is 0 Å². The Hall–Kier alpha value is -1.80. The molecule has 18 heavy (non-hydrogen) atoms. The summed E-state index contributed by atoms with van der Waals surface area (Å²) in [6.07, 6.45) is 0. The smallest absolute Gasteiger partial charge is 0.138 e. The van der Waals surface area contributed by atoms with Crippen LogP contribution in [0.5, 0.6) is 0 Å². The van der Waals surface area contributed by atoms with E-state index < -0.39 is 0 Å². The van der Waals surface area contributed by atoms with Gasteiger partial charge in [-0.1, -0.05) is 11.2 Å². The van der Waals surface area contributed by atoms with Crippen molar-refractivity contribution < 1.29 is 4.52 Å². The van der Waals surface area contributed by atoms with Gasteiger partial charge in [-0.3, -0.25) is 0 Å². The molecule has 0 unspecified atom stereocenters. The Morgan fingerprint density at radius 3 is 2.83 bits per heavy atom. The van der Waals surface area contributed by atoms with Crippen molar-refractivity contribution >= 4 is 21.6 Å². The molecule has 0 saturated heterocycles. The Balaban J connectivity index is 2.22. The van der Waals surface area contributed by atoms with E-state index in [2.05, 4.69) is 32.5 Å². The van der Waals surface area contributed by atoms with Crippen LogP contribution >= 0.6 is 15.9 Å². The van der Waals surface area contributed by atoms with Gasteiger partial charge in [0.15, 0.2) is 0 Å². The van der Waals surface area contributed by atoms with Crippen LogP contribution in [0.1, 0.15) is 22.6 Å². The number of hydrogen-bond donors (Lipinski definition) is 1. The number of hydrogen-bond acceptors (Lipinski definition) is 4. The lowest BCUT2D eigenvalue weighted by molar-refractivity contribution is 0.392. The SMILES string of the molecule is Cc1noc(C)c1CNc1cccc(Br)c1C#N. The summed E-state index contributed by atoms with van der Waals surface area (Å²) in [5, 5.41) is 16.3. The molecule has 1 N–H and O–H groups in total. The molecule has 0 aliphatic rings. The van der Waals surface area contributed by atoms with Crippen molar-refractivity contribution in [3.05, 3.63) is 45.3 Å². The topological polar surface area (TPSA) is 61.9 Å². The van der Waals surface area contributed by atoms with Crippen molar-refractivity contribution in [2.45, 2.75) is 20.4 Å². The molecule has 0 bridgehead atoms. The molecule has 1 heterocycles. The van der Waals surface area contributed by atoms with Gasteiger partial charge < -0.3 is 9.84 Å². The first-order valence-electron chi connectivity index (χ1n) is 5.47. The maximum atomic E-state index is 9.11. The number of anilines is 1. The minimum absolute atomic E-state index is 0.590. The Morgan fingerprint density at radius 2 is 2.22 bits per heavy atom. The lowest BCUT2D eigenvalue weighted by atomic mass is 10.1. The average molecular weight is 306 g/mol. The normalized spacial score (nSPS) is 10.1. The van der Waals surface area contributed by atoms with Crippen LogP contribution in [0.25, 0.3) is 0 Å². The molecule has 1 aromatic carbocycles. The van der Waals surface area contributed by atoms with E-state index >= 15 is 0 Å². The Morgan fingerprint density at radius 1 is 1.44 bits per heavy atom.